The second-order valence-corrected chi connectivity index (χ2v) is 8.46. The van der Waals surface area contributed by atoms with Gasteiger partial charge in [-0.15, -0.1) is 0 Å². The number of sulfonamides is 1. The Bertz CT molecular complexity index is 928. The van der Waals surface area contributed by atoms with Crippen molar-refractivity contribution in [3.8, 4) is 0 Å². The fraction of sp³-hybridized carbons (Fsp3) is 0.389. The van der Waals surface area contributed by atoms with Gasteiger partial charge in [-0.3, -0.25) is 4.79 Å². The van der Waals surface area contributed by atoms with E-state index in [1.165, 1.54) is 13.1 Å². The first-order valence-corrected chi connectivity index (χ1v) is 10.6. The van der Waals surface area contributed by atoms with Gasteiger partial charge in [-0.1, -0.05) is 11.6 Å². The van der Waals surface area contributed by atoms with Crippen LogP contribution >= 0.6 is 11.6 Å². The molecular formula is C18H25ClN4O4S. The SMILES string of the molecule is CNC(=O)c1cc(S(N)(=O)=O)c(Cl)c(CCCN(C)C)c1NCc1ccco1. The van der Waals surface area contributed by atoms with E-state index in [0.29, 0.717) is 36.4 Å². The van der Waals surface area contributed by atoms with Crippen molar-refractivity contribution in [2.45, 2.75) is 24.3 Å². The second-order valence-electron chi connectivity index (χ2n) is 6.55. The van der Waals surface area contributed by atoms with E-state index < -0.39 is 15.9 Å². The van der Waals surface area contributed by atoms with Crippen LogP contribution in [0.2, 0.25) is 5.02 Å². The van der Waals surface area contributed by atoms with Crippen molar-refractivity contribution in [1.82, 2.24) is 10.2 Å². The smallest absolute Gasteiger partial charge is 0.253 e. The predicted molar refractivity (Wildman–Crippen MR) is 109 cm³/mol. The average molecular weight is 429 g/mol. The number of primary sulfonamides is 1. The highest BCUT2D eigenvalue weighted by molar-refractivity contribution is 7.89. The number of nitrogens with two attached hydrogens (primary N) is 1. The minimum absolute atomic E-state index is 0.0239. The van der Waals surface area contributed by atoms with E-state index in [-0.39, 0.29) is 15.5 Å². The first-order chi connectivity index (χ1) is 13.1. The molecule has 10 heteroatoms. The number of carbonyl (C=O) groups excluding carboxylic acids is 1. The van der Waals surface area contributed by atoms with Crippen LogP contribution in [0.1, 0.15) is 28.1 Å². The number of amides is 1. The number of anilines is 1. The number of carbonyl (C=O) groups is 1. The Morgan fingerprint density at radius 1 is 1.36 bits per heavy atom. The summed E-state index contributed by atoms with van der Waals surface area (Å²) >= 11 is 6.43. The van der Waals surface area contributed by atoms with Crippen molar-refractivity contribution in [2.24, 2.45) is 5.14 Å². The number of hydrogen-bond donors (Lipinski definition) is 3. The molecule has 0 saturated carbocycles. The van der Waals surface area contributed by atoms with Gasteiger partial charge in [0.05, 0.1) is 29.1 Å². The number of hydrogen-bond acceptors (Lipinski definition) is 6. The summed E-state index contributed by atoms with van der Waals surface area (Å²) in [7, 11) is 1.24. The van der Waals surface area contributed by atoms with Gasteiger partial charge in [0.2, 0.25) is 10.0 Å². The molecule has 0 saturated heterocycles. The molecule has 0 bridgehead atoms. The molecule has 1 amide bonds. The Morgan fingerprint density at radius 3 is 2.61 bits per heavy atom. The third kappa shape index (κ3) is 5.48. The maximum absolute atomic E-state index is 12.5. The van der Waals surface area contributed by atoms with Crippen molar-refractivity contribution >= 4 is 33.2 Å². The van der Waals surface area contributed by atoms with Gasteiger partial charge in [0.25, 0.3) is 5.91 Å². The number of halogens is 1. The standard InChI is InChI=1S/C18H25ClN4O4S/c1-21-18(24)14-10-15(28(20,25)26)16(19)13(7-4-8-23(2)3)17(14)22-11-12-6-5-9-27-12/h5-6,9-10,22H,4,7-8,11H2,1-3H3,(H,21,24)(H2,20,25,26). The van der Waals surface area contributed by atoms with Gasteiger partial charge in [-0.05, 0) is 57.2 Å². The van der Waals surface area contributed by atoms with Gasteiger partial charge < -0.3 is 20.0 Å². The molecule has 2 rings (SSSR count). The first-order valence-electron chi connectivity index (χ1n) is 8.66. The highest BCUT2D eigenvalue weighted by Gasteiger charge is 2.25. The van der Waals surface area contributed by atoms with E-state index in [4.69, 9.17) is 21.2 Å². The van der Waals surface area contributed by atoms with Crippen LogP contribution in [0.5, 0.6) is 0 Å². The van der Waals surface area contributed by atoms with Crippen molar-refractivity contribution < 1.29 is 17.6 Å². The molecule has 0 aliphatic carbocycles. The number of nitrogens with zero attached hydrogens (tertiary/aromatic N) is 1. The van der Waals surface area contributed by atoms with Crippen molar-refractivity contribution in [3.05, 3.63) is 46.4 Å². The third-order valence-corrected chi connectivity index (χ3v) is 5.64. The molecule has 1 heterocycles. The fourth-order valence-electron chi connectivity index (χ4n) is 2.81. The third-order valence-electron chi connectivity index (χ3n) is 4.16. The minimum Gasteiger partial charge on any atom is -0.467 e. The van der Waals surface area contributed by atoms with Crippen LogP contribution in [0.4, 0.5) is 5.69 Å². The van der Waals surface area contributed by atoms with E-state index in [2.05, 4.69) is 10.6 Å². The van der Waals surface area contributed by atoms with Gasteiger partial charge in [0.1, 0.15) is 10.7 Å². The lowest BCUT2D eigenvalue weighted by molar-refractivity contribution is 0.0963. The molecule has 2 aromatic rings. The van der Waals surface area contributed by atoms with Crippen LogP contribution in [0.25, 0.3) is 0 Å². The molecule has 28 heavy (non-hydrogen) atoms. The summed E-state index contributed by atoms with van der Waals surface area (Å²) in [5.41, 5.74) is 1.15. The second kappa shape index (κ2) is 9.42. The zero-order chi connectivity index (χ0) is 20.9. The summed E-state index contributed by atoms with van der Waals surface area (Å²) in [4.78, 5) is 14.2. The van der Waals surface area contributed by atoms with Gasteiger partial charge in [-0.25, -0.2) is 13.6 Å². The molecule has 154 valence electrons. The molecule has 0 atom stereocenters. The first kappa shape index (κ1) is 22.2. The Kier molecular flexibility index (Phi) is 7.48. The van der Waals surface area contributed by atoms with Crippen LogP contribution in [0.3, 0.4) is 0 Å². The Morgan fingerprint density at radius 2 is 2.07 bits per heavy atom. The topological polar surface area (TPSA) is 118 Å². The van der Waals surface area contributed by atoms with Crippen molar-refractivity contribution in [3.63, 3.8) is 0 Å². The molecule has 8 nitrogen and oxygen atoms in total. The number of benzene rings is 1. The quantitative estimate of drug-likeness (QED) is 0.562. The number of rotatable bonds is 9. The largest absolute Gasteiger partial charge is 0.467 e. The van der Waals surface area contributed by atoms with Crippen LogP contribution in [-0.4, -0.2) is 46.9 Å². The van der Waals surface area contributed by atoms with E-state index in [1.54, 1.807) is 18.4 Å². The Hall–Kier alpha value is -2.07. The van der Waals surface area contributed by atoms with Gasteiger partial charge in [0.15, 0.2) is 0 Å². The maximum Gasteiger partial charge on any atom is 0.253 e. The normalized spacial score (nSPS) is 11.6. The summed E-state index contributed by atoms with van der Waals surface area (Å²) in [6, 6.07) is 4.75. The highest BCUT2D eigenvalue weighted by Crippen LogP contribution is 2.35. The Balaban J connectivity index is 2.57. The summed E-state index contributed by atoms with van der Waals surface area (Å²) in [6.07, 6.45) is 2.72. The molecule has 1 aromatic carbocycles. The average Bonchev–Trinajstić information content (AvgIpc) is 3.13. The zero-order valence-corrected chi connectivity index (χ0v) is 17.7. The molecule has 0 spiro atoms. The molecule has 0 radical (unpaired) electrons. The molecule has 0 unspecified atom stereocenters. The van der Waals surface area contributed by atoms with Crippen LogP contribution in [0.15, 0.2) is 33.8 Å². The lowest BCUT2D eigenvalue weighted by atomic mass is 10.0. The van der Waals surface area contributed by atoms with E-state index in [0.717, 1.165) is 6.54 Å². The zero-order valence-electron chi connectivity index (χ0n) is 16.1. The lowest BCUT2D eigenvalue weighted by Gasteiger charge is -2.20. The van der Waals surface area contributed by atoms with Crippen LogP contribution in [0, 0.1) is 0 Å². The van der Waals surface area contributed by atoms with E-state index in [1.807, 2.05) is 19.0 Å². The highest BCUT2D eigenvalue weighted by atomic mass is 35.5. The molecule has 0 aliphatic rings. The fourth-order valence-corrected chi connectivity index (χ4v) is 4.03. The predicted octanol–water partition coefficient (Wildman–Crippen LogP) is 2.05. The van der Waals surface area contributed by atoms with Gasteiger partial charge in [-0.2, -0.15) is 0 Å². The van der Waals surface area contributed by atoms with Crippen LogP contribution < -0.4 is 15.8 Å². The lowest BCUT2D eigenvalue weighted by Crippen LogP contribution is -2.23. The maximum atomic E-state index is 12.5. The monoisotopic (exact) mass is 428 g/mol. The summed E-state index contributed by atoms with van der Waals surface area (Å²) in [5, 5.41) is 11.0. The molecule has 1 aromatic heterocycles. The molecule has 4 N–H and O–H groups in total. The van der Waals surface area contributed by atoms with E-state index >= 15 is 0 Å². The molecule has 0 fully saturated rings. The van der Waals surface area contributed by atoms with E-state index in [9.17, 15) is 13.2 Å². The van der Waals surface area contributed by atoms with Crippen LogP contribution in [-0.2, 0) is 23.0 Å². The Labute approximate surface area is 170 Å². The number of furan rings is 1. The van der Waals surface area contributed by atoms with Crippen molar-refractivity contribution in [2.75, 3.05) is 33.0 Å². The minimum atomic E-state index is -4.11. The van der Waals surface area contributed by atoms with Crippen molar-refractivity contribution in [1.29, 1.82) is 0 Å². The summed E-state index contributed by atoms with van der Waals surface area (Å²) in [5.74, 6) is 0.214. The molecule has 0 aliphatic heterocycles. The summed E-state index contributed by atoms with van der Waals surface area (Å²) < 4.78 is 29.4. The van der Waals surface area contributed by atoms with Gasteiger partial charge >= 0.3 is 0 Å². The van der Waals surface area contributed by atoms with Gasteiger partial charge in [0, 0.05) is 7.05 Å². The number of nitrogens with one attached hydrogen (secondary N) is 2. The molecular weight excluding hydrogens is 404 g/mol. The summed E-state index contributed by atoms with van der Waals surface area (Å²) in [6.45, 7) is 1.07.